The summed E-state index contributed by atoms with van der Waals surface area (Å²) in [5.41, 5.74) is 1.36. The van der Waals surface area contributed by atoms with Crippen molar-refractivity contribution in [1.82, 2.24) is 4.98 Å². The molecule has 1 aromatic heterocycles. The molecule has 0 aliphatic rings. The minimum atomic E-state index is -0.447. The Morgan fingerprint density at radius 3 is 1.66 bits per heavy atom. The number of rotatable bonds is 8. The topological polar surface area (TPSA) is 108 Å². The molecule has 0 aliphatic carbocycles. The van der Waals surface area contributed by atoms with Gasteiger partial charge in [-0.1, -0.05) is 0 Å². The molecular formula is C23H23N3O6. The number of nitrogens with one attached hydrogen (secondary N) is 2. The van der Waals surface area contributed by atoms with E-state index in [-0.39, 0.29) is 11.3 Å². The zero-order chi connectivity index (χ0) is 23.1. The maximum atomic E-state index is 12.6. The standard InChI is InChI=1S/C23H23N3O6/c1-29-15-6-9-17(20(11-15)31-3)25-22(27)14-5-8-19(24-13-14)23(28)26-18-10-7-16(30-2)12-21(18)32-4/h5-13H,1-4H3,(H,25,27)(H,26,28). The van der Waals surface area contributed by atoms with Crippen molar-refractivity contribution in [3.05, 3.63) is 66.0 Å². The van der Waals surface area contributed by atoms with E-state index in [4.69, 9.17) is 18.9 Å². The lowest BCUT2D eigenvalue weighted by atomic mass is 10.2. The van der Waals surface area contributed by atoms with Crippen LogP contribution < -0.4 is 29.6 Å². The molecule has 3 rings (SSSR count). The molecule has 1 heterocycles. The van der Waals surface area contributed by atoms with E-state index in [0.717, 1.165) is 0 Å². The summed E-state index contributed by atoms with van der Waals surface area (Å²) < 4.78 is 20.9. The number of carbonyl (C=O) groups is 2. The molecule has 9 heteroatoms. The third kappa shape index (κ3) is 5.07. The zero-order valence-corrected chi connectivity index (χ0v) is 18.1. The Kier molecular flexibility index (Phi) is 7.12. The summed E-state index contributed by atoms with van der Waals surface area (Å²) in [5, 5.41) is 5.49. The van der Waals surface area contributed by atoms with Gasteiger partial charge in [-0.25, -0.2) is 0 Å². The Labute approximate surface area is 185 Å². The predicted octanol–water partition coefficient (Wildman–Crippen LogP) is 3.62. The molecule has 166 valence electrons. The molecule has 0 radical (unpaired) electrons. The summed E-state index contributed by atoms with van der Waals surface area (Å²) in [7, 11) is 6.07. The molecule has 0 unspecified atom stereocenters. The van der Waals surface area contributed by atoms with E-state index in [1.807, 2.05) is 0 Å². The first-order valence-electron chi connectivity index (χ1n) is 9.51. The average Bonchev–Trinajstić information content (AvgIpc) is 2.84. The van der Waals surface area contributed by atoms with Crippen LogP contribution in [0.3, 0.4) is 0 Å². The SMILES string of the molecule is COc1ccc(NC(=O)c2ccc(C(=O)Nc3ccc(OC)cc3OC)nc2)c(OC)c1. The van der Waals surface area contributed by atoms with E-state index in [9.17, 15) is 9.59 Å². The highest BCUT2D eigenvalue weighted by molar-refractivity contribution is 6.06. The third-order valence-electron chi connectivity index (χ3n) is 4.57. The number of aromatic nitrogens is 1. The number of hydrogen-bond acceptors (Lipinski definition) is 7. The van der Waals surface area contributed by atoms with Crippen molar-refractivity contribution in [1.29, 1.82) is 0 Å². The number of anilines is 2. The first-order chi connectivity index (χ1) is 15.5. The molecule has 2 amide bonds. The maximum Gasteiger partial charge on any atom is 0.274 e. The van der Waals surface area contributed by atoms with E-state index in [0.29, 0.717) is 34.4 Å². The van der Waals surface area contributed by atoms with Crippen molar-refractivity contribution in [2.24, 2.45) is 0 Å². The monoisotopic (exact) mass is 437 g/mol. The largest absolute Gasteiger partial charge is 0.497 e. The van der Waals surface area contributed by atoms with Crippen LogP contribution in [0.4, 0.5) is 11.4 Å². The van der Waals surface area contributed by atoms with Gasteiger partial charge in [-0.15, -0.1) is 0 Å². The Bertz CT molecular complexity index is 1030. The van der Waals surface area contributed by atoms with Crippen molar-refractivity contribution < 1.29 is 28.5 Å². The molecule has 9 nitrogen and oxygen atoms in total. The smallest absolute Gasteiger partial charge is 0.274 e. The molecule has 3 aromatic rings. The molecule has 0 aliphatic heterocycles. The zero-order valence-electron chi connectivity index (χ0n) is 18.1. The van der Waals surface area contributed by atoms with Gasteiger partial charge in [0, 0.05) is 18.3 Å². The van der Waals surface area contributed by atoms with E-state index in [1.54, 1.807) is 50.6 Å². The Morgan fingerprint density at radius 2 is 1.22 bits per heavy atom. The third-order valence-corrected chi connectivity index (χ3v) is 4.57. The molecule has 0 fully saturated rings. The van der Waals surface area contributed by atoms with Gasteiger partial charge in [0.15, 0.2) is 0 Å². The molecule has 0 atom stereocenters. The first-order valence-corrected chi connectivity index (χ1v) is 9.51. The van der Waals surface area contributed by atoms with Crippen LogP contribution in [-0.4, -0.2) is 45.2 Å². The van der Waals surface area contributed by atoms with Gasteiger partial charge >= 0.3 is 0 Å². The second-order valence-electron chi connectivity index (χ2n) is 6.47. The summed E-state index contributed by atoms with van der Waals surface area (Å²) in [6.07, 6.45) is 1.32. The van der Waals surface area contributed by atoms with Gasteiger partial charge in [0.2, 0.25) is 0 Å². The number of hydrogen-bond donors (Lipinski definition) is 2. The molecule has 0 saturated carbocycles. The number of nitrogens with zero attached hydrogens (tertiary/aromatic N) is 1. The number of ether oxygens (including phenoxy) is 4. The second kappa shape index (κ2) is 10.2. The molecule has 0 saturated heterocycles. The molecule has 0 bridgehead atoms. The van der Waals surface area contributed by atoms with Crippen LogP contribution >= 0.6 is 0 Å². The second-order valence-corrected chi connectivity index (χ2v) is 6.47. The fourth-order valence-electron chi connectivity index (χ4n) is 2.85. The van der Waals surface area contributed by atoms with Gasteiger partial charge < -0.3 is 29.6 Å². The lowest BCUT2D eigenvalue weighted by Crippen LogP contribution is -2.16. The Balaban J connectivity index is 1.71. The van der Waals surface area contributed by atoms with E-state index >= 15 is 0 Å². The number of methoxy groups -OCH3 is 4. The van der Waals surface area contributed by atoms with Crippen molar-refractivity contribution in [3.8, 4) is 23.0 Å². The van der Waals surface area contributed by atoms with E-state index < -0.39 is 11.8 Å². The lowest BCUT2D eigenvalue weighted by Gasteiger charge is -2.12. The summed E-state index contributed by atoms with van der Waals surface area (Å²) in [6, 6.07) is 13.0. The first kappa shape index (κ1) is 22.4. The van der Waals surface area contributed by atoms with Gasteiger partial charge in [0.1, 0.15) is 28.7 Å². The highest BCUT2D eigenvalue weighted by Crippen LogP contribution is 2.30. The maximum absolute atomic E-state index is 12.6. The molecule has 0 spiro atoms. The van der Waals surface area contributed by atoms with Crippen molar-refractivity contribution >= 4 is 23.2 Å². The van der Waals surface area contributed by atoms with Crippen LogP contribution in [-0.2, 0) is 0 Å². The summed E-state index contributed by atoms with van der Waals surface area (Å²) >= 11 is 0. The van der Waals surface area contributed by atoms with Crippen LogP contribution in [0.2, 0.25) is 0 Å². The van der Waals surface area contributed by atoms with Gasteiger partial charge in [-0.05, 0) is 36.4 Å². The quantitative estimate of drug-likeness (QED) is 0.554. The fourth-order valence-corrected chi connectivity index (χ4v) is 2.85. The lowest BCUT2D eigenvalue weighted by molar-refractivity contribution is 0.101. The summed E-state index contributed by atoms with van der Waals surface area (Å²) in [5.74, 6) is 1.26. The molecule has 32 heavy (non-hydrogen) atoms. The van der Waals surface area contributed by atoms with Crippen molar-refractivity contribution in [2.45, 2.75) is 0 Å². The number of carbonyl (C=O) groups excluding carboxylic acids is 2. The highest BCUT2D eigenvalue weighted by atomic mass is 16.5. The van der Waals surface area contributed by atoms with E-state index in [2.05, 4.69) is 15.6 Å². The predicted molar refractivity (Wildman–Crippen MR) is 119 cm³/mol. The van der Waals surface area contributed by atoms with Crippen LogP contribution in [0.5, 0.6) is 23.0 Å². The van der Waals surface area contributed by atoms with Crippen molar-refractivity contribution in [3.63, 3.8) is 0 Å². The molecular weight excluding hydrogens is 414 g/mol. The number of benzene rings is 2. The Morgan fingerprint density at radius 1 is 0.688 bits per heavy atom. The summed E-state index contributed by atoms with van der Waals surface area (Å²) in [6.45, 7) is 0. The molecule has 2 aromatic carbocycles. The minimum Gasteiger partial charge on any atom is -0.497 e. The molecule has 2 N–H and O–H groups in total. The summed E-state index contributed by atoms with van der Waals surface area (Å²) in [4.78, 5) is 29.3. The van der Waals surface area contributed by atoms with E-state index in [1.165, 1.54) is 32.5 Å². The minimum absolute atomic E-state index is 0.140. The van der Waals surface area contributed by atoms with Crippen LogP contribution in [0.25, 0.3) is 0 Å². The van der Waals surface area contributed by atoms with Gasteiger partial charge in [-0.2, -0.15) is 0 Å². The highest BCUT2D eigenvalue weighted by Gasteiger charge is 2.15. The number of pyridine rings is 1. The van der Waals surface area contributed by atoms with Gasteiger partial charge in [-0.3, -0.25) is 14.6 Å². The van der Waals surface area contributed by atoms with Crippen LogP contribution in [0.1, 0.15) is 20.8 Å². The number of amides is 2. The average molecular weight is 437 g/mol. The normalized spacial score (nSPS) is 10.1. The van der Waals surface area contributed by atoms with Crippen LogP contribution in [0.15, 0.2) is 54.7 Å². The van der Waals surface area contributed by atoms with Crippen LogP contribution in [0, 0.1) is 0 Å². The van der Waals surface area contributed by atoms with Gasteiger partial charge in [0.25, 0.3) is 11.8 Å². The van der Waals surface area contributed by atoms with Gasteiger partial charge in [0.05, 0.1) is 45.4 Å². The Hall–Kier alpha value is -4.27. The van der Waals surface area contributed by atoms with Crippen molar-refractivity contribution in [2.75, 3.05) is 39.1 Å². The fraction of sp³-hybridized carbons (Fsp3) is 0.174.